The van der Waals surface area contributed by atoms with Crippen LogP contribution in [-0.2, 0) is 6.42 Å². The van der Waals surface area contributed by atoms with Gasteiger partial charge in [0.15, 0.2) is 0 Å². The third kappa shape index (κ3) is 4.65. The summed E-state index contributed by atoms with van der Waals surface area (Å²) >= 11 is 0. The van der Waals surface area contributed by atoms with Gasteiger partial charge in [-0.25, -0.2) is 4.39 Å². The molecular weight excluding hydrogens is 403 g/mol. The minimum absolute atomic E-state index is 0.109. The van der Waals surface area contributed by atoms with Crippen LogP contribution >= 0.6 is 0 Å². The molecule has 1 aliphatic rings. The number of carbonyl (C=O) groups is 1. The standard InChI is InChI=1S/C22H23FN4O4/c1-29-18-8-7-17(21(25-18)30-2)22(28)27-11-9-14(10-12-27)13-19-24-20(26-31-19)15-3-5-16(23)6-4-15/h3-8,14H,9-13H2,1-2H3. The van der Waals surface area contributed by atoms with Crippen molar-refractivity contribution in [2.75, 3.05) is 27.3 Å². The van der Waals surface area contributed by atoms with Gasteiger partial charge in [-0.2, -0.15) is 9.97 Å². The average Bonchev–Trinajstić information content (AvgIpc) is 3.27. The van der Waals surface area contributed by atoms with E-state index in [-0.39, 0.29) is 17.6 Å². The third-order valence-electron chi connectivity index (χ3n) is 5.40. The smallest absolute Gasteiger partial charge is 0.259 e. The number of nitrogens with zero attached hydrogens (tertiary/aromatic N) is 4. The van der Waals surface area contributed by atoms with E-state index in [2.05, 4.69) is 15.1 Å². The molecule has 1 aliphatic heterocycles. The first-order chi connectivity index (χ1) is 15.1. The first kappa shape index (κ1) is 20.8. The second kappa shape index (κ2) is 9.11. The molecule has 1 saturated heterocycles. The Morgan fingerprint density at radius 1 is 1.10 bits per heavy atom. The number of methoxy groups -OCH3 is 2. The Bertz CT molecular complexity index is 1050. The molecule has 1 amide bonds. The highest BCUT2D eigenvalue weighted by Gasteiger charge is 2.27. The van der Waals surface area contributed by atoms with Crippen LogP contribution < -0.4 is 9.47 Å². The lowest BCUT2D eigenvalue weighted by Gasteiger charge is -2.31. The zero-order chi connectivity index (χ0) is 21.8. The van der Waals surface area contributed by atoms with Gasteiger partial charge in [-0.1, -0.05) is 5.16 Å². The summed E-state index contributed by atoms with van der Waals surface area (Å²) in [6.07, 6.45) is 2.29. The van der Waals surface area contributed by atoms with Crippen molar-refractivity contribution in [2.24, 2.45) is 5.92 Å². The van der Waals surface area contributed by atoms with Crippen molar-refractivity contribution in [1.29, 1.82) is 0 Å². The zero-order valence-corrected chi connectivity index (χ0v) is 17.4. The first-order valence-electron chi connectivity index (χ1n) is 10.0. The summed E-state index contributed by atoms with van der Waals surface area (Å²) in [5.41, 5.74) is 1.13. The molecule has 0 radical (unpaired) electrons. The molecule has 0 aliphatic carbocycles. The highest BCUT2D eigenvalue weighted by molar-refractivity contribution is 5.96. The van der Waals surface area contributed by atoms with Gasteiger partial charge >= 0.3 is 0 Å². The SMILES string of the molecule is COc1ccc(C(=O)N2CCC(Cc3nc(-c4ccc(F)cc4)no3)CC2)c(OC)n1. The lowest BCUT2D eigenvalue weighted by Crippen LogP contribution is -2.39. The Morgan fingerprint density at radius 2 is 1.84 bits per heavy atom. The normalized spacial score (nSPS) is 14.5. The Kier molecular flexibility index (Phi) is 6.11. The van der Waals surface area contributed by atoms with E-state index < -0.39 is 0 Å². The van der Waals surface area contributed by atoms with E-state index in [1.54, 1.807) is 29.2 Å². The molecule has 1 aromatic carbocycles. The van der Waals surface area contributed by atoms with E-state index in [9.17, 15) is 9.18 Å². The number of carbonyl (C=O) groups excluding carboxylic acids is 1. The maximum absolute atomic E-state index is 13.1. The van der Waals surface area contributed by atoms with Crippen LogP contribution in [0.25, 0.3) is 11.4 Å². The minimum atomic E-state index is -0.309. The van der Waals surface area contributed by atoms with Gasteiger partial charge in [0.2, 0.25) is 23.5 Å². The maximum atomic E-state index is 13.1. The van der Waals surface area contributed by atoms with Crippen molar-refractivity contribution in [3.63, 3.8) is 0 Å². The number of hydrogen-bond donors (Lipinski definition) is 0. The van der Waals surface area contributed by atoms with E-state index in [1.165, 1.54) is 26.4 Å². The summed E-state index contributed by atoms with van der Waals surface area (Å²) in [5.74, 6) is 1.56. The highest BCUT2D eigenvalue weighted by atomic mass is 19.1. The summed E-state index contributed by atoms with van der Waals surface area (Å²) in [6.45, 7) is 1.25. The predicted octanol–water partition coefficient (Wildman–Crippen LogP) is 3.38. The van der Waals surface area contributed by atoms with Crippen LogP contribution in [0.5, 0.6) is 11.8 Å². The van der Waals surface area contributed by atoms with Crippen molar-refractivity contribution < 1.29 is 23.2 Å². The number of piperidine rings is 1. The Morgan fingerprint density at radius 3 is 2.52 bits per heavy atom. The van der Waals surface area contributed by atoms with Crippen molar-refractivity contribution in [3.8, 4) is 23.1 Å². The lowest BCUT2D eigenvalue weighted by atomic mass is 9.93. The molecule has 0 saturated carbocycles. The molecule has 9 heteroatoms. The molecule has 0 bridgehead atoms. The summed E-state index contributed by atoms with van der Waals surface area (Å²) < 4.78 is 28.8. The molecular formula is C22H23FN4O4. The van der Waals surface area contributed by atoms with E-state index in [0.717, 1.165) is 12.8 Å². The van der Waals surface area contributed by atoms with Gasteiger partial charge in [0.25, 0.3) is 5.91 Å². The fraction of sp³-hybridized carbons (Fsp3) is 0.364. The van der Waals surface area contributed by atoms with Crippen LogP contribution in [0, 0.1) is 11.7 Å². The number of benzene rings is 1. The Balaban J connectivity index is 1.35. The zero-order valence-electron chi connectivity index (χ0n) is 17.4. The van der Waals surface area contributed by atoms with Crippen LogP contribution in [0.4, 0.5) is 4.39 Å². The monoisotopic (exact) mass is 426 g/mol. The van der Waals surface area contributed by atoms with Crippen LogP contribution in [0.3, 0.4) is 0 Å². The third-order valence-corrected chi connectivity index (χ3v) is 5.40. The van der Waals surface area contributed by atoms with Crippen LogP contribution in [0.1, 0.15) is 29.1 Å². The Labute approximate surface area is 179 Å². The quantitative estimate of drug-likeness (QED) is 0.597. The summed E-state index contributed by atoms with van der Waals surface area (Å²) in [7, 11) is 3.00. The molecule has 0 atom stereocenters. The van der Waals surface area contributed by atoms with E-state index in [1.807, 2.05) is 0 Å². The van der Waals surface area contributed by atoms with Crippen molar-refractivity contribution in [1.82, 2.24) is 20.0 Å². The maximum Gasteiger partial charge on any atom is 0.259 e. The molecule has 0 N–H and O–H groups in total. The van der Waals surface area contributed by atoms with Crippen molar-refractivity contribution in [2.45, 2.75) is 19.3 Å². The largest absolute Gasteiger partial charge is 0.481 e. The first-order valence-corrected chi connectivity index (χ1v) is 10.0. The van der Waals surface area contributed by atoms with Gasteiger partial charge < -0.3 is 18.9 Å². The number of pyridine rings is 1. The second-order valence-corrected chi connectivity index (χ2v) is 7.37. The highest BCUT2D eigenvalue weighted by Crippen LogP contribution is 2.26. The Hall–Kier alpha value is -3.49. The van der Waals surface area contributed by atoms with Crippen LogP contribution in [0.15, 0.2) is 40.9 Å². The van der Waals surface area contributed by atoms with Gasteiger partial charge in [-0.05, 0) is 49.1 Å². The molecule has 0 unspecified atom stereocenters. The average molecular weight is 426 g/mol. The molecule has 3 heterocycles. The number of halogens is 1. The molecule has 31 heavy (non-hydrogen) atoms. The van der Waals surface area contributed by atoms with Crippen LogP contribution in [0.2, 0.25) is 0 Å². The molecule has 0 spiro atoms. The number of aromatic nitrogens is 3. The van der Waals surface area contributed by atoms with Gasteiger partial charge in [0.1, 0.15) is 11.4 Å². The predicted molar refractivity (Wildman–Crippen MR) is 109 cm³/mol. The van der Waals surface area contributed by atoms with E-state index in [4.69, 9.17) is 14.0 Å². The number of rotatable bonds is 6. The molecule has 162 valence electrons. The molecule has 8 nitrogen and oxygen atoms in total. The fourth-order valence-corrected chi connectivity index (χ4v) is 3.67. The summed E-state index contributed by atoms with van der Waals surface area (Å²) in [6, 6.07) is 9.30. The van der Waals surface area contributed by atoms with Gasteiger partial charge in [-0.15, -0.1) is 0 Å². The number of hydrogen-bond acceptors (Lipinski definition) is 7. The lowest BCUT2D eigenvalue weighted by molar-refractivity contribution is 0.0683. The van der Waals surface area contributed by atoms with E-state index in [0.29, 0.717) is 54.2 Å². The number of likely N-dealkylation sites (tertiary alicyclic amines) is 1. The second-order valence-electron chi connectivity index (χ2n) is 7.37. The van der Waals surface area contributed by atoms with Crippen molar-refractivity contribution >= 4 is 5.91 Å². The molecule has 3 aromatic rings. The molecule has 1 fully saturated rings. The molecule has 4 rings (SSSR count). The van der Waals surface area contributed by atoms with Gasteiger partial charge in [0, 0.05) is 31.1 Å². The van der Waals surface area contributed by atoms with Gasteiger partial charge in [0.05, 0.1) is 14.2 Å². The van der Waals surface area contributed by atoms with Gasteiger partial charge in [-0.3, -0.25) is 4.79 Å². The topological polar surface area (TPSA) is 90.6 Å². The van der Waals surface area contributed by atoms with Crippen LogP contribution in [-0.4, -0.2) is 53.2 Å². The number of amides is 1. The van der Waals surface area contributed by atoms with E-state index >= 15 is 0 Å². The fourth-order valence-electron chi connectivity index (χ4n) is 3.67. The summed E-state index contributed by atoms with van der Waals surface area (Å²) in [4.78, 5) is 23.3. The summed E-state index contributed by atoms with van der Waals surface area (Å²) in [5, 5.41) is 3.99. The minimum Gasteiger partial charge on any atom is -0.481 e. The molecule has 2 aromatic heterocycles. The van der Waals surface area contributed by atoms with Crippen molar-refractivity contribution in [3.05, 3.63) is 53.7 Å². The number of ether oxygens (including phenoxy) is 2.